The lowest BCUT2D eigenvalue weighted by molar-refractivity contribution is 0.319. The van der Waals surface area contributed by atoms with E-state index in [0.717, 1.165) is 25.2 Å². The second kappa shape index (κ2) is 5.69. The van der Waals surface area contributed by atoms with Crippen LogP contribution < -0.4 is 4.74 Å². The highest BCUT2D eigenvalue weighted by Crippen LogP contribution is 2.40. The Labute approximate surface area is 131 Å². The Morgan fingerprint density at radius 2 is 1.50 bits per heavy atom. The number of benzene rings is 3. The van der Waals surface area contributed by atoms with E-state index in [4.69, 9.17) is 4.74 Å². The van der Waals surface area contributed by atoms with Crippen LogP contribution in [0.4, 0.5) is 0 Å². The van der Waals surface area contributed by atoms with E-state index >= 15 is 0 Å². The van der Waals surface area contributed by atoms with Gasteiger partial charge in [-0.1, -0.05) is 66.7 Å². The zero-order valence-corrected chi connectivity index (χ0v) is 12.5. The molecule has 0 amide bonds. The molecule has 3 aromatic carbocycles. The van der Waals surface area contributed by atoms with Crippen LogP contribution in [0.5, 0.6) is 5.75 Å². The fourth-order valence-corrected chi connectivity index (χ4v) is 3.19. The maximum absolute atomic E-state index is 6.08. The highest BCUT2D eigenvalue weighted by atomic mass is 16.5. The molecule has 1 heteroatoms. The minimum atomic E-state index is 0.719. The summed E-state index contributed by atoms with van der Waals surface area (Å²) in [6, 6.07) is 25.5. The highest BCUT2D eigenvalue weighted by Gasteiger charge is 2.20. The number of rotatable bonds is 4. The number of fused-ring (bicyclic) bond motifs is 3. The van der Waals surface area contributed by atoms with Gasteiger partial charge in [0, 0.05) is 18.4 Å². The Morgan fingerprint density at radius 3 is 2.41 bits per heavy atom. The average molecular weight is 286 g/mol. The fourth-order valence-electron chi connectivity index (χ4n) is 3.19. The van der Waals surface area contributed by atoms with Gasteiger partial charge in [-0.05, 0) is 28.3 Å². The molecule has 1 nitrogen and oxygen atoms in total. The quantitative estimate of drug-likeness (QED) is 0.519. The summed E-state index contributed by atoms with van der Waals surface area (Å²) in [6.45, 7) is 0.719. The molecule has 3 aromatic rings. The van der Waals surface area contributed by atoms with Gasteiger partial charge < -0.3 is 4.74 Å². The van der Waals surface area contributed by atoms with Gasteiger partial charge in [0.15, 0.2) is 0 Å². The number of hydrogen-bond donors (Lipinski definition) is 0. The molecular weight excluding hydrogens is 268 g/mol. The van der Waals surface area contributed by atoms with Crippen molar-refractivity contribution in [2.75, 3.05) is 6.61 Å². The van der Waals surface area contributed by atoms with Crippen LogP contribution in [0, 0.1) is 0 Å². The minimum Gasteiger partial charge on any atom is -0.493 e. The van der Waals surface area contributed by atoms with Gasteiger partial charge in [0.1, 0.15) is 5.75 Å². The van der Waals surface area contributed by atoms with Crippen LogP contribution in [0.3, 0.4) is 0 Å². The van der Waals surface area contributed by atoms with Crippen molar-refractivity contribution in [3.8, 4) is 16.9 Å². The second-order valence-electron chi connectivity index (χ2n) is 5.70. The predicted molar refractivity (Wildman–Crippen MR) is 90.3 cm³/mol. The molecule has 0 spiro atoms. The third kappa shape index (κ3) is 2.39. The number of ether oxygens (including phenoxy) is 1. The molecule has 0 aromatic heterocycles. The molecule has 0 saturated carbocycles. The largest absolute Gasteiger partial charge is 0.493 e. The molecule has 108 valence electrons. The van der Waals surface area contributed by atoms with Crippen LogP contribution in [0.25, 0.3) is 11.1 Å². The van der Waals surface area contributed by atoms with Crippen LogP contribution in [0.15, 0.2) is 72.8 Å². The lowest BCUT2D eigenvalue weighted by Gasteiger charge is -2.11. The van der Waals surface area contributed by atoms with Gasteiger partial charge in [0.25, 0.3) is 0 Å². The van der Waals surface area contributed by atoms with Crippen molar-refractivity contribution in [3.05, 3.63) is 89.5 Å². The zero-order chi connectivity index (χ0) is 14.8. The van der Waals surface area contributed by atoms with Crippen LogP contribution >= 0.6 is 0 Å². The zero-order valence-electron chi connectivity index (χ0n) is 12.5. The first-order valence-corrected chi connectivity index (χ1v) is 7.79. The van der Waals surface area contributed by atoms with Gasteiger partial charge in [-0.3, -0.25) is 0 Å². The first kappa shape index (κ1) is 13.1. The summed E-state index contributed by atoms with van der Waals surface area (Å²) in [5, 5.41) is 0. The monoisotopic (exact) mass is 286 g/mol. The van der Waals surface area contributed by atoms with Gasteiger partial charge in [0.05, 0.1) is 6.61 Å². The van der Waals surface area contributed by atoms with Crippen molar-refractivity contribution in [2.45, 2.75) is 12.8 Å². The molecule has 0 bridgehead atoms. The molecule has 0 unspecified atom stereocenters. The lowest BCUT2D eigenvalue weighted by Crippen LogP contribution is -2.03. The van der Waals surface area contributed by atoms with Crippen molar-refractivity contribution in [2.24, 2.45) is 0 Å². The standard InChI is InChI=1S/C21H18O/c1-2-7-16(8-3-1)13-14-22-21-12-6-11-19-18-10-5-4-9-17(18)15-20(19)21/h1-12H,13-15H2. The Morgan fingerprint density at radius 1 is 0.727 bits per heavy atom. The molecule has 0 fully saturated rings. The molecule has 4 rings (SSSR count). The second-order valence-corrected chi connectivity index (χ2v) is 5.70. The topological polar surface area (TPSA) is 9.23 Å². The van der Waals surface area contributed by atoms with Crippen molar-refractivity contribution < 1.29 is 4.74 Å². The van der Waals surface area contributed by atoms with Crippen molar-refractivity contribution in [1.82, 2.24) is 0 Å². The summed E-state index contributed by atoms with van der Waals surface area (Å²) < 4.78 is 6.08. The van der Waals surface area contributed by atoms with Crippen LogP contribution in [0.1, 0.15) is 16.7 Å². The lowest BCUT2D eigenvalue weighted by atomic mass is 10.1. The summed E-state index contributed by atoms with van der Waals surface area (Å²) in [5.74, 6) is 1.03. The summed E-state index contributed by atoms with van der Waals surface area (Å²) in [7, 11) is 0. The van der Waals surface area contributed by atoms with E-state index in [2.05, 4.69) is 66.7 Å². The normalized spacial score (nSPS) is 11.8. The predicted octanol–water partition coefficient (Wildman–Crippen LogP) is 4.88. The van der Waals surface area contributed by atoms with Crippen molar-refractivity contribution in [3.63, 3.8) is 0 Å². The van der Waals surface area contributed by atoms with E-state index in [-0.39, 0.29) is 0 Å². The first-order chi connectivity index (χ1) is 10.9. The molecule has 0 heterocycles. The van der Waals surface area contributed by atoms with Crippen LogP contribution in [-0.4, -0.2) is 6.61 Å². The van der Waals surface area contributed by atoms with Crippen molar-refractivity contribution >= 4 is 0 Å². The molecule has 1 aliphatic carbocycles. The van der Waals surface area contributed by atoms with E-state index in [1.807, 2.05) is 6.07 Å². The van der Waals surface area contributed by atoms with E-state index in [0.29, 0.717) is 0 Å². The minimum absolute atomic E-state index is 0.719. The maximum Gasteiger partial charge on any atom is 0.123 e. The maximum atomic E-state index is 6.08. The Balaban J connectivity index is 1.53. The summed E-state index contributed by atoms with van der Waals surface area (Å²) in [4.78, 5) is 0. The van der Waals surface area contributed by atoms with Gasteiger partial charge in [0.2, 0.25) is 0 Å². The first-order valence-electron chi connectivity index (χ1n) is 7.79. The molecule has 1 aliphatic rings. The summed E-state index contributed by atoms with van der Waals surface area (Å²) in [6.07, 6.45) is 1.92. The molecule has 0 saturated heterocycles. The Kier molecular flexibility index (Phi) is 3.40. The Bertz CT molecular complexity index is 790. The molecular formula is C21H18O. The van der Waals surface area contributed by atoms with E-state index < -0.39 is 0 Å². The van der Waals surface area contributed by atoms with Crippen LogP contribution in [0.2, 0.25) is 0 Å². The average Bonchev–Trinajstić information content (AvgIpc) is 2.96. The van der Waals surface area contributed by atoms with E-state index in [9.17, 15) is 0 Å². The van der Waals surface area contributed by atoms with Gasteiger partial charge in [-0.25, -0.2) is 0 Å². The SMILES string of the molecule is c1ccc(CCOc2cccc3c2Cc2ccccc2-3)cc1. The van der Waals surface area contributed by atoms with Crippen LogP contribution in [-0.2, 0) is 12.8 Å². The smallest absolute Gasteiger partial charge is 0.123 e. The van der Waals surface area contributed by atoms with Crippen molar-refractivity contribution in [1.29, 1.82) is 0 Å². The van der Waals surface area contributed by atoms with Gasteiger partial charge >= 0.3 is 0 Å². The third-order valence-electron chi connectivity index (χ3n) is 4.30. The molecule has 22 heavy (non-hydrogen) atoms. The summed E-state index contributed by atoms with van der Waals surface area (Å²) >= 11 is 0. The molecule has 0 radical (unpaired) electrons. The number of hydrogen-bond acceptors (Lipinski definition) is 1. The highest BCUT2D eigenvalue weighted by molar-refractivity contribution is 5.78. The van der Waals surface area contributed by atoms with E-state index in [1.54, 1.807) is 0 Å². The Hall–Kier alpha value is -2.54. The summed E-state index contributed by atoms with van der Waals surface area (Å²) in [5.41, 5.74) is 6.73. The van der Waals surface area contributed by atoms with E-state index in [1.165, 1.54) is 27.8 Å². The van der Waals surface area contributed by atoms with Gasteiger partial charge in [-0.15, -0.1) is 0 Å². The third-order valence-corrected chi connectivity index (χ3v) is 4.30. The molecule has 0 N–H and O–H groups in total. The van der Waals surface area contributed by atoms with Gasteiger partial charge in [-0.2, -0.15) is 0 Å². The fraction of sp³-hybridized carbons (Fsp3) is 0.143. The molecule has 0 aliphatic heterocycles. The molecule has 0 atom stereocenters.